The number of carbonyl (C=O) groups excluding carboxylic acids is 2. The third-order valence-corrected chi connectivity index (χ3v) is 7.15. The van der Waals surface area contributed by atoms with Crippen molar-refractivity contribution in [1.29, 1.82) is 0 Å². The van der Waals surface area contributed by atoms with Crippen LogP contribution in [0.5, 0.6) is 0 Å². The van der Waals surface area contributed by atoms with E-state index in [1.165, 1.54) is 6.07 Å². The second-order valence-electron chi connectivity index (χ2n) is 7.51. The highest BCUT2D eigenvalue weighted by molar-refractivity contribution is 9.10. The summed E-state index contributed by atoms with van der Waals surface area (Å²) in [6, 6.07) is 12.0. The maximum atomic E-state index is 12.6. The van der Waals surface area contributed by atoms with E-state index in [9.17, 15) is 18.0 Å². The maximum Gasteiger partial charge on any atom is 0.240 e. The van der Waals surface area contributed by atoms with Gasteiger partial charge in [-0.3, -0.25) is 9.59 Å². The molecule has 0 radical (unpaired) electrons. The van der Waals surface area contributed by atoms with E-state index >= 15 is 0 Å². The van der Waals surface area contributed by atoms with Gasteiger partial charge in [-0.25, -0.2) is 13.1 Å². The summed E-state index contributed by atoms with van der Waals surface area (Å²) in [5.74, 6) is -0.0119. The quantitative estimate of drug-likeness (QED) is 0.621. The molecule has 9 heteroatoms. The van der Waals surface area contributed by atoms with Crippen molar-refractivity contribution in [1.82, 2.24) is 4.72 Å². The fraction of sp³-hybridized carbons (Fsp3) is 0.333. The molecule has 2 aliphatic rings. The lowest BCUT2D eigenvalue weighted by molar-refractivity contribution is -0.119. The Balaban J connectivity index is 1.35. The molecule has 4 rings (SSSR count). The van der Waals surface area contributed by atoms with Crippen LogP contribution >= 0.6 is 15.9 Å². The van der Waals surface area contributed by atoms with Gasteiger partial charge in [0.15, 0.2) is 0 Å². The van der Waals surface area contributed by atoms with E-state index in [-0.39, 0.29) is 35.6 Å². The molecule has 0 spiro atoms. The number of hydrogen-bond acceptors (Lipinski definition) is 4. The summed E-state index contributed by atoms with van der Waals surface area (Å²) in [6.07, 6.45) is 2.54. The van der Waals surface area contributed by atoms with Crippen LogP contribution in [0.15, 0.2) is 51.8 Å². The molecule has 0 bridgehead atoms. The fourth-order valence-corrected chi connectivity index (χ4v) is 4.98. The van der Waals surface area contributed by atoms with Gasteiger partial charge < -0.3 is 10.2 Å². The summed E-state index contributed by atoms with van der Waals surface area (Å²) in [6.45, 7) is 0.586. The molecule has 1 aliphatic heterocycles. The highest BCUT2D eigenvalue weighted by Gasteiger charge is 2.36. The number of halogens is 1. The Morgan fingerprint density at radius 2 is 1.93 bits per heavy atom. The average Bonchev–Trinajstić information content (AvgIpc) is 3.46. The van der Waals surface area contributed by atoms with E-state index in [1.54, 1.807) is 35.2 Å². The third kappa shape index (κ3) is 4.74. The number of nitrogens with zero attached hydrogens (tertiary/aromatic N) is 1. The van der Waals surface area contributed by atoms with Gasteiger partial charge in [-0.15, -0.1) is 0 Å². The monoisotopic (exact) mass is 491 g/mol. The smallest absolute Gasteiger partial charge is 0.240 e. The first kappa shape index (κ1) is 21.0. The van der Waals surface area contributed by atoms with E-state index in [0.717, 1.165) is 28.6 Å². The fourth-order valence-electron chi connectivity index (χ4n) is 3.50. The van der Waals surface area contributed by atoms with E-state index in [2.05, 4.69) is 26.0 Å². The largest absolute Gasteiger partial charge is 0.326 e. The molecule has 30 heavy (non-hydrogen) atoms. The first-order valence-corrected chi connectivity index (χ1v) is 12.1. The number of fused-ring (bicyclic) bond motifs is 1. The number of rotatable bonds is 7. The minimum atomic E-state index is -3.74. The lowest BCUT2D eigenvalue weighted by Crippen LogP contribution is -2.30. The summed E-state index contributed by atoms with van der Waals surface area (Å²) in [5, 5.41) is 2.73. The zero-order valence-corrected chi connectivity index (χ0v) is 18.6. The van der Waals surface area contributed by atoms with Crippen LogP contribution in [0.3, 0.4) is 0 Å². The number of nitrogens with one attached hydrogen (secondary N) is 2. The minimum absolute atomic E-state index is 0.00839. The summed E-state index contributed by atoms with van der Waals surface area (Å²) in [5.41, 5.74) is 2.31. The molecule has 1 aliphatic carbocycles. The number of carbonyl (C=O) groups is 2. The molecular weight excluding hydrogens is 470 g/mol. The summed E-state index contributed by atoms with van der Waals surface area (Å²) >= 11 is 3.33. The Morgan fingerprint density at radius 1 is 1.13 bits per heavy atom. The highest BCUT2D eigenvalue weighted by atomic mass is 79.9. The molecule has 7 nitrogen and oxygen atoms in total. The molecule has 2 amide bonds. The molecule has 2 aromatic rings. The van der Waals surface area contributed by atoms with E-state index < -0.39 is 10.0 Å². The minimum Gasteiger partial charge on any atom is -0.326 e. The molecule has 2 aromatic carbocycles. The van der Waals surface area contributed by atoms with Crippen molar-refractivity contribution in [3.63, 3.8) is 0 Å². The number of sulfonamides is 1. The zero-order chi connectivity index (χ0) is 21.3. The SMILES string of the molecule is O=C(CCNS(=O)(=O)c1ccc2c(c1)CCN2C(=O)C1CC1)Nc1cccc(Br)c1. The van der Waals surface area contributed by atoms with E-state index in [4.69, 9.17) is 0 Å². The van der Waals surface area contributed by atoms with Crippen molar-refractivity contribution in [2.45, 2.75) is 30.6 Å². The predicted molar refractivity (Wildman–Crippen MR) is 118 cm³/mol. The molecule has 1 saturated carbocycles. The van der Waals surface area contributed by atoms with Crippen molar-refractivity contribution >= 4 is 49.1 Å². The number of benzene rings is 2. The van der Waals surface area contributed by atoms with Crippen LogP contribution in [0.1, 0.15) is 24.8 Å². The Hall–Kier alpha value is -2.23. The van der Waals surface area contributed by atoms with Crippen LogP contribution in [0, 0.1) is 5.92 Å². The standard InChI is InChI=1S/C21H22BrN3O4S/c22-16-2-1-3-17(13-16)24-20(26)8-10-23-30(28,29)18-6-7-19-15(12-18)9-11-25(19)21(27)14-4-5-14/h1-3,6-7,12-14,23H,4-5,8-11H2,(H,24,26). The summed E-state index contributed by atoms with van der Waals surface area (Å²) in [7, 11) is -3.74. The zero-order valence-electron chi connectivity index (χ0n) is 16.2. The maximum absolute atomic E-state index is 12.6. The van der Waals surface area contributed by atoms with Gasteiger partial charge in [-0.2, -0.15) is 0 Å². The molecule has 1 fully saturated rings. The highest BCUT2D eigenvalue weighted by Crippen LogP contribution is 2.37. The predicted octanol–water partition coefficient (Wildman–Crippen LogP) is 3.06. The second kappa shape index (κ2) is 8.49. The van der Waals surface area contributed by atoms with Crippen LogP contribution in [-0.2, 0) is 26.0 Å². The van der Waals surface area contributed by atoms with Crippen molar-refractivity contribution in [3.8, 4) is 0 Å². The van der Waals surface area contributed by atoms with E-state index in [1.807, 2.05) is 6.07 Å². The number of amides is 2. The van der Waals surface area contributed by atoms with Crippen LogP contribution in [0.25, 0.3) is 0 Å². The van der Waals surface area contributed by atoms with E-state index in [0.29, 0.717) is 18.7 Å². The summed E-state index contributed by atoms with van der Waals surface area (Å²) < 4.78 is 28.6. The molecule has 0 atom stereocenters. The molecule has 0 unspecified atom stereocenters. The number of hydrogen-bond donors (Lipinski definition) is 2. The molecule has 2 N–H and O–H groups in total. The normalized spacial score (nSPS) is 15.7. The van der Waals surface area contributed by atoms with Gasteiger partial charge in [0.2, 0.25) is 21.8 Å². The Kier molecular flexibility index (Phi) is 5.95. The van der Waals surface area contributed by atoms with Crippen molar-refractivity contribution in [2.75, 3.05) is 23.3 Å². The molecular formula is C21H22BrN3O4S. The topological polar surface area (TPSA) is 95.6 Å². The summed E-state index contributed by atoms with van der Waals surface area (Å²) in [4.78, 5) is 26.3. The number of anilines is 2. The Labute approximate surface area is 184 Å². The van der Waals surface area contributed by atoms with Crippen LogP contribution in [0.4, 0.5) is 11.4 Å². The second-order valence-corrected chi connectivity index (χ2v) is 10.2. The first-order valence-electron chi connectivity index (χ1n) is 9.83. The van der Waals surface area contributed by atoms with Gasteiger partial charge in [0.25, 0.3) is 0 Å². The molecule has 1 heterocycles. The lowest BCUT2D eigenvalue weighted by Gasteiger charge is -2.17. The molecule has 0 aromatic heterocycles. The average molecular weight is 492 g/mol. The molecule has 0 saturated heterocycles. The van der Waals surface area contributed by atoms with Gasteiger partial charge in [0.1, 0.15) is 0 Å². The van der Waals surface area contributed by atoms with Crippen LogP contribution < -0.4 is 14.9 Å². The first-order chi connectivity index (χ1) is 14.3. The van der Waals surface area contributed by atoms with Crippen molar-refractivity contribution < 1.29 is 18.0 Å². The Bertz CT molecular complexity index is 1100. The van der Waals surface area contributed by atoms with Gasteiger partial charge in [-0.1, -0.05) is 22.0 Å². The van der Waals surface area contributed by atoms with Gasteiger partial charge in [-0.05, 0) is 61.2 Å². The molecule has 158 valence electrons. The lowest BCUT2D eigenvalue weighted by atomic mass is 10.2. The van der Waals surface area contributed by atoms with Crippen molar-refractivity contribution in [3.05, 3.63) is 52.5 Å². The Morgan fingerprint density at radius 3 is 2.67 bits per heavy atom. The van der Waals surface area contributed by atoms with Crippen LogP contribution in [-0.4, -0.2) is 33.3 Å². The van der Waals surface area contributed by atoms with Gasteiger partial charge >= 0.3 is 0 Å². The van der Waals surface area contributed by atoms with Crippen molar-refractivity contribution in [2.24, 2.45) is 5.92 Å². The van der Waals surface area contributed by atoms with Gasteiger partial charge in [0.05, 0.1) is 4.90 Å². The third-order valence-electron chi connectivity index (χ3n) is 5.20. The van der Waals surface area contributed by atoms with Crippen LogP contribution in [0.2, 0.25) is 0 Å². The van der Waals surface area contributed by atoms with Gasteiger partial charge in [0, 0.05) is 41.3 Å².